The predicted molar refractivity (Wildman–Crippen MR) is 122 cm³/mol. The lowest BCUT2D eigenvalue weighted by molar-refractivity contribution is -0.0392. The zero-order valence-corrected chi connectivity index (χ0v) is 18.3. The highest BCUT2D eigenvalue weighted by molar-refractivity contribution is 5.95. The number of rotatable bonds is 1. The maximum Gasteiger partial charge on any atom is 0.253 e. The molecule has 5 heterocycles. The quantitative estimate of drug-likeness (QED) is 0.618. The summed E-state index contributed by atoms with van der Waals surface area (Å²) in [5.41, 5.74) is 3.73. The first kappa shape index (κ1) is 19.1. The third-order valence-corrected chi connectivity index (χ3v) is 7.61. The first-order chi connectivity index (χ1) is 16.1. The Balaban J connectivity index is 1.10. The van der Waals surface area contributed by atoms with E-state index in [1.54, 1.807) is 6.07 Å². The highest BCUT2D eigenvalue weighted by atomic mass is 16.7. The Hall–Kier alpha value is -3.45. The number of likely N-dealkylation sites (tertiary alicyclic amines) is 1. The monoisotopic (exact) mass is 443 g/mol. The number of fused-ring (bicyclic) bond motifs is 5. The summed E-state index contributed by atoms with van der Waals surface area (Å²) in [6.45, 7) is 2.20. The molecule has 1 aromatic heterocycles. The molecule has 4 aliphatic heterocycles. The summed E-state index contributed by atoms with van der Waals surface area (Å²) in [6.07, 6.45) is 4.68. The van der Waals surface area contributed by atoms with Gasteiger partial charge in [0.05, 0.1) is 29.3 Å². The van der Waals surface area contributed by atoms with Crippen LogP contribution in [-0.4, -0.2) is 47.5 Å². The summed E-state index contributed by atoms with van der Waals surface area (Å²) in [6, 6.07) is 18.1. The number of ether oxygens (including phenoxy) is 3. The minimum Gasteiger partial charge on any atom is -0.454 e. The van der Waals surface area contributed by atoms with E-state index in [4.69, 9.17) is 14.2 Å². The van der Waals surface area contributed by atoms with Gasteiger partial charge in [0.1, 0.15) is 5.54 Å². The van der Waals surface area contributed by atoms with E-state index >= 15 is 0 Å². The van der Waals surface area contributed by atoms with E-state index in [0.717, 1.165) is 24.9 Å². The Labute approximate surface area is 191 Å². The van der Waals surface area contributed by atoms with Gasteiger partial charge in [-0.2, -0.15) is 0 Å². The van der Waals surface area contributed by atoms with E-state index in [9.17, 15) is 4.79 Å². The van der Waals surface area contributed by atoms with Crippen molar-refractivity contribution in [3.05, 3.63) is 72.1 Å². The topological polar surface area (TPSA) is 65.0 Å². The van der Waals surface area contributed by atoms with Crippen LogP contribution >= 0.6 is 0 Å². The molecule has 0 radical (unpaired) electrons. The van der Waals surface area contributed by atoms with Crippen molar-refractivity contribution >= 4 is 11.6 Å². The highest BCUT2D eigenvalue weighted by Crippen LogP contribution is 2.50. The molecule has 3 aromatic rings. The van der Waals surface area contributed by atoms with Gasteiger partial charge >= 0.3 is 0 Å². The fourth-order valence-corrected chi connectivity index (χ4v) is 5.92. The second kappa shape index (κ2) is 6.78. The Morgan fingerprint density at radius 3 is 2.73 bits per heavy atom. The zero-order valence-electron chi connectivity index (χ0n) is 18.3. The van der Waals surface area contributed by atoms with Gasteiger partial charge in [-0.15, -0.1) is 0 Å². The fraction of sp³-hybridized carbons (Fsp3) is 0.346. The lowest BCUT2D eigenvalue weighted by atomic mass is 9.79. The van der Waals surface area contributed by atoms with Crippen LogP contribution in [0.25, 0.3) is 5.69 Å². The van der Waals surface area contributed by atoms with Crippen LogP contribution in [0.3, 0.4) is 0 Å². The number of anilines is 1. The van der Waals surface area contributed by atoms with Crippen molar-refractivity contribution in [1.82, 2.24) is 9.47 Å². The summed E-state index contributed by atoms with van der Waals surface area (Å²) in [5.74, 6) is 1.37. The van der Waals surface area contributed by atoms with Crippen molar-refractivity contribution in [3.8, 4) is 17.2 Å². The third kappa shape index (κ3) is 2.82. The van der Waals surface area contributed by atoms with E-state index in [-0.39, 0.29) is 23.8 Å². The van der Waals surface area contributed by atoms with Crippen LogP contribution in [0, 0.1) is 0 Å². The average Bonchev–Trinajstić information content (AvgIpc) is 3.59. The Morgan fingerprint density at radius 1 is 0.970 bits per heavy atom. The second-order valence-corrected chi connectivity index (χ2v) is 9.50. The standard InChI is InChI=1S/C26H25N3O4/c30-24(18-7-8-21-22(14-18)32-17-31-21)28-12-9-25(10-13-28)15-26(16-33-25)23-6-3-11-29(23)20-5-2-1-4-19(20)27-26/h1-8,11,14,27H,9-10,12-13,15-17H2. The largest absolute Gasteiger partial charge is 0.454 e. The van der Waals surface area contributed by atoms with Crippen LogP contribution in [0.15, 0.2) is 60.8 Å². The number of nitrogens with one attached hydrogen (secondary N) is 1. The molecule has 1 amide bonds. The molecule has 0 aliphatic carbocycles. The summed E-state index contributed by atoms with van der Waals surface area (Å²) < 4.78 is 19.7. The molecule has 7 rings (SSSR count). The van der Waals surface area contributed by atoms with Crippen molar-refractivity contribution in [2.75, 3.05) is 31.8 Å². The van der Waals surface area contributed by atoms with E-state index in [0.29, 0.717) is 36.8 Å². The van der Waals surface area contributed by atoms with E-state index in [1.807, 2.05) is 17.0 Å². The molecule has 7 heteroatoms. The Kier molecular flexibility index (Phi) is 3.91. The molecular formula is C26H25N3O4. The van der Waals surface area contributed by atoms with Gasteiger partial charge in [-0.3, -0.25) is 4.79 Å². The molecule has 4 aliphatic rings. The number of para-hydroxylation sites is 2. The molecular weight excluding hydrogens is 418 g/mol. The van der Waals surface area contributed by atoms with Crippen molar-refractivity contribution in [1.29, 1.82) is 0 Å². The number of hydrogen-bond acceptors (Lipinski definition) is 5. The molecule has 1 unspecified atom stereocenters. The van der Waals surface area contributed by atoms with Gasteiger partial charge in [0.15, 0.2) is 11.5 Å². The maximum atomic E-state index is 13.1. The number of aromatic nitrogens is 1. The molecule has 1 atom stereocenters. The Bertz CT molecular complexity index is 1260. The molecule has 2 aromatic carbocycles. The number of piperidine rings is 1. The molecule has 0 saturated carbocycles. The first-order valence-corrected chi connectivity index (χ1v) is 11.5. The van der Waals surface area contributed by atoms with Gasteiger partial charge in [0, 0.05) is 31.3 Å². The van der Waals surface area contributed by atoms with E-state index < -0.39 is 0 Å². The van der Waals surface area contributed by atoms with Crippen LogP contribution in [0.1, 0.15) is 35.3 Å². The van der Waals surface area contributed by atoms with Crippen molar-refractivity contribution < 1.29 is 19.0 Å². The lowest BCUT2D eigenvalue weighted by Crippen LogP contribution is -2.48. The minimum absolute atomic E-state index is 0.0365. The second-order valence-electron chi connectivity index (χ2n) is 9.50. The van der Waals surface area contributed by atoms with Crippen LogP contribution in [0.4, 0.5) is 5.69 Å². The molecule has 1 N–H and O–H groups in total. The van der Waals surface area contributed by atoms with Gasteiger partial charge in [-0.25, -0.2) is 0 Å². The Morgan fingerprint density at radius 2 is 1.82 bits per heavy atom. The molecule has 0 bridgehead atoms. The zero-order chi connectivity index (χ0) is 22.0. The molecule has 33 heavy (non-hydrogen) atoms. The van der Waals surface area contributed by atoms with E-state index in [1.165, 1.54) is 11.4 Å². The van der Waals surface area contributed by atoms with E-state index in [2.05, 4.69) is 52.5 Å². The van der Waals surface area contributed by atoms with Crippen molar-refractivity contribution in [2.45, 2.75) is 30.4 Å². The van der Waals surface area contributed by atoms with Crippen LogP contribution in [-0.2, 0) is 10.3 Å². The smallest absolute Gasteiger partial charge is 0.253 e. The van der Waals surface area contributed by atoms with Gasteiger partial charge < -0.3 is 29.0 Å². The molecule has 2 saturated heterocycles. The molecule has 7 nitrogen and oxygen atoms in total. The van der Waals surface area contributed by atoms with Gasteiger partial charge in [-0.05, 0) is 55.3 Å². The van der Waals surface area contributed by atoms with Crippen molar-refractivity contribution in [3.63, 3.8) is 0 Å². The van der Waals surface area contributed by atoms with Crippen LogP contribution < -0.4 is 14.8 Å². The van der Waals surface area contributed by atoms with Crippen LogP contribution in [0.5, 0.6) is 11.5 Å². The van der Waals surface area contributed by atoms with Gasteiger partial charge in [-0.1, -0.05) is 12.1 Å². The normalized spacial score (nSPS) is 23.9. The van der Waals surface area contributed by atoms with Gasteiger partial charge in [0.25, 0.3) is 5.91 Å². The number of carbonyl (C=O) groups is 1. The summed E-state index contributed by atoms with van der Waals surface area (Å²) in [4.78, 5) is 15.1. The van der Waals surface area contributed by atoms with Crippen molar-refractivity contribution in [2.24, 2.45) is 0 Å². The first-order valence-electron chi connectivity index (χ1n) is 11.5. The number of benzene rings is 2. The lowest BCUT2D eigenvalue weighted by Gasteiger charge is -2.41. The average molecular weight is 444 g/mol. The summed E-state index contributed by atoms with van der Waals surface area (Å²) in [5, 5.41) is 3.82. The van der Waals surface area contributed by atoms with Gasteiger partial charge in [0.2, 0.25) is 6.79 Å². The maximum absolute atomic E-state index is 13.1. The minimum atomic E-state index is -0.249. The molecule has 168 valence electrons. The number of carbonyl (C=O) groups excluding carboxylic acids is 1. The molecule has 2 spiro atoms. The molecule has 2 fully saturated rings. The predicted octanol–water partition coefficient (Wildman–Crippen LogP) is 3.92. The SMILES string of the molecule is O=C(c1ccc2c(c1)OCO2)N1CCC2(CC1)CC1(CO2)Nc2ccccc2-n2cccc21. The van der Waals surface area contributed by atoms with Crippen LogP contribution in [0.2, 0.25) is 0 Å². The number of hydrogen-bond donors (Lipinski definition) is 1. The summed E-state index contributed by atoms with van der Waals surface area (Å²) in [7, 11) is 0. The number of amides is 1. The third-order valence-electron chi connectivity index (χ3n) is 7.61. The highest BCUT2D eigenvalue weighted by Gasteiger charge is 2.54. The fourth-order valence-electron chi connectivity index (χ4n) is 5.92. The summed E-state index contributed by atoms with van der Waals surface area (Å²) >= 11 is 0. The number of nitrogens with zero attached hydrogens (tertiary/aromatic N) is 2.